The molecule has 1 heterocycles. The van der Waals surface area contributed by atoms with E-state index in [1.807, 2.05) is 0 Å². The third-order valence-corrected chi connectivity index (χ3v) is 3.15. The van der Waals surface area contributed by atoms with E-state index in [-0.39, 0.29) is 0 Å². The predicted molar refractivity (Wildman–Crippen MR) is 66.9 cm³/mol. The maximum Gasteiger partial charge on any atom is 0.119 e. The molecule has 2 rings (SSSR count). The normalized spacial score (nSPS) is 15.9. The van der Waals surface area contributed by atoms with Crippen molar-refractivity contribution in [3.63, 3.8) is 0 Å². The quantitative estimate of drug-likeness (QED) is 0.722. The molecule has 2 heteroatoms. The third kappa shape index (κ3) is 2.76. The molecular formula is C14H21NO. The van der Waals surface area contributed by atoms with Crippen LogP contribution in [0, 0.1) is 0 Å². The Bertz CT molecular complexity index is 349. The average molecular weight is 219 g/mol. The van der Waals surface area contributed by atoms with Gasteiger partial charge in [0.25, 0.3) is 0 Å². The maximum absolute atomic E-state index is 5.73. The van der Waals surface area contributed by atoms with E-state index in [0.29, 0.717) is 0 Å². The van der Waals surface area contributed by atoms with Crippen molar-refractivity contribution < 1.29 is 4.74 Å². The monoisotopic (exact) mass is 219 g/mol. The molecule has 2 nitrogen and oxygen atoms in total. The maximum atomic E-state index is 5.73. The van der Waals surface area contributed by atoms with E-state index in [1.165, 1.54) is 17.5 Å². The molecule has 1 aliphatic heterocycles. The predicted octanol–water partition coefficient (Wildman–Crippen LogP) is 2.85. The molecule has 0 amide bonds. The van der Waals surface area contributed by atoms with Gasteiger partial charge in [-0.05, 0) is 43.1 Å². The summed E-state index contributed by atoms with van der Waals surface area (Å²) in [6.07, 6.45) is 3.48. The van der Waals surface area contributed by atoms with Crippen LogP contribution in [0.3, 0.4) is 0 Å². The third-order valence-electron chi connectivity index (χ3n) is 3.15. The Morgan fingerprint density at radius 3 is 3.00 bits per heavy atom. The zero-order valence-electron chi connectivity index (χ0n) is 10.3. The Kier molecular flexibility index (Phi) is 3.83. The van der Waals surface area contributed by atoms with Crippen molar-refractivity contribution in [1.82, 2.24) is 4.90 Å². The number of hydrogen-bond donors (Lipinski definition) is 0. The lowest BCUT2D eigenvalue weighted by Crippen LogP contribution is -2.26. The summed E-state index contributed by atoms with van der Waals surface area (Å²) in [7, 11) is 2.18. The van der Waals surface area contributed by atoms with Gasteiger partial charge in [-0.15, -0.1) is 0 Å². The van der Waals surface area contributed by atoms with Crippen LogP contribution in [0.4, 0.5) is 0 Å². The summed E-state index contributed by atoms with van der Waals surface area (Å²) in [5.74, 6) is 1.04. The van der Waals surface area contributed by atoms with Crippen LogP contribution < -0.4 is 4.74 Å². The average Bonchev–Trinajstić information content (AvgIpc) is 2.29. The number of rotatable bonds is 4. The molecule has 1 aliphatic rings. The van der Waals surface area contributed by atoms with Crippen molar-refractivity contribution in [3.8, 4) is 5.75 Å². The number of ether oxygens (including phenoxy) is 1. The molecule has 0 saturated carbocycles. The molecule has 0 unspecified atom stereocenters. The Hall–Kier alpha value is -1.02. The van der Waals surface area contributed by atoms with E-state index in [0.717, 1.165) is 38.3 Å². The first kappa shape index (κ1) is 11.5. The van der Waals surface area contributed by atoms with Crippen molar-refractivity contribution in [2.75, 3.05) is 20.2 Å². The molecule has 0 fully saturated rings. The first-order valence-corrected chi connectivity index (χ1v) is 6.22. The molecule has 0 saturated heterocycles. The second kappa shape index (κ2) is 5.35. The minimum atomic E-state index is 0.842. The van der Waals surface area contributed by atoms with E-state index in [2.05, 4.69) is 37.1 Å². The van der Waals surface area contributed by atoms with E-state index in [4.69, 9.17) is 4.74 Å². The fourth-order valence-corrected chi connectivity index (χ4v) is 2.09. The highest BCUT2D eigenvalue weighted by atomic mass is 16.5. The van der Waals surface area contributed by atoms with Crippen LogP contribution in [0.2, 0.25) is 0 Å². The highest BCUT2D eigenvalue weighted by molar-refractivity contribution is 5.37. The van der Waals surface area contributed by atoms with Gasteiger partial charge >= 0.3 is 0 Å². The summed E-state index contributed by atoms with van der Waals surface area (Å²) < 4.78 is 5.73. The van der Waals surface area contributed by atoms with Crippen LogP contribution in [0.1, 0.15) is 30.9 Å². The highest BCUT2D eigenvalue weighted by Gasteiger charge is 2.13. The molecular weight excluding hydrogens is 198 g/mol. The SMILES string of the molecule is CCCCOc1ccc2c(c1)CCN(C)C2. The van der Waals surface area contributed by atoms with Gasteiger partial charge < -0.3 is 9.64 Å². The second-order valence-electron chi connectivity index (χ2n) is 4.62. The number of likely N-dealkylation sites (N-methyl/N-ethyl adjacent to an activating group) is 1. The van der Waals surface area contributed by atoms with Crippen LogP contribution in [-0.4, -0.2) is 25.1 Å². The number of fused-ring (bicyclic) bond motifs is 1. The zero-order valence-corrected chi connectivity index (χ0v) is 10.3. The topological polar surface area (TPSA) is 12.5 Å². The van der Waals surface area contributed by atoms with Gasteiger partial charge in [-0.25, -0.2) is 0 Å². The number of nitrogens with zero attached hydrogens (tertiary/aromatic N) is 1. The lowest BCUT2D eigenvalue weighted by molar-refractivity contribution is 0.301. The minimum absolute atomic E-state index is 0.842. The first-order chi connectivity index (χ1) is 7.79. The molecule has 1 aromatic rings. The highest BCUT2D eigenvalue weighted by Crippen LogP contribution is 2.23. The van der Waals surface area contributed by atoms with Gasteiger partial charge in [-0.2, -0.15) is 0 Å². The van der Waals surface area contributed by atoms with E-state index < -0.39 is 0 Å². The largest absolute Gasteiger partial charge is 0.494 e. The van der Waals surface area contributed by atoms with Gasteiger partial charge in [-0.3, -0.25) is 0 Å². The van der Waals surface area contributed by atoms with Gasteiger partial charge in [0.15, 0.2) is 0 Å². The van der Waals surface area contributed by atoms with Crippen LogP contribution >= 0.6 is 0 Å². The molecule has 0 atom stereocenters. The number of benzene rings is 1. The van der Waals surface area contributed by atoms with Crippen molar-refractivity contribution in [2.24, 2.45) is 0 Å². The van der Waals surface area contributed by atoms with Gasteiger partial charge in [0.2, 0.25) is 0 Å². The molecule has 16 heavy (non-hydrogen) atoms. The molecule has 88 valence electrons. The Labute approximate surface area is 98.2 Å². The van der Waals surface area contributed by atoms with Gasteiger partial charge in [0.1, 0.15) is 5.75 Å². The summed E-state index contributed by atoms with van der Waals surface area (Å²) in [5, 5.41) is 0. The van der Waals surface area contributed by atoms with Gasteiger partial charge in [0.05, 0.1) is 6.61 Å². The summed E-state index contributed by atoms with van der Waals surface area (Å²) >= 11 is 0. The molecule has 1 aromatic carbocycles. The lowest BCUT2D eigenvalue weighted by atomic mass is 10.00. The van der Waals surface area contributed by atoms with Crippen molar-refractivity contribution in [2.45, 2.75) is 32.7 Å². The Morgan fingerprint density at radius 1 is 1.31 bits per heavy atom. The van der Waals surface area contributed by atoms with Crippen LogP contribution in [0.15, 0.2) is 18.2 Å². The molecule has 0 aliphatic carbocycles. The van der Waals surface area contributed by atoms with Crippen molar-refractivity contribution in [1.29, 1.82) is 0 Å². The summed E-state index contributed by atoms with van der Waals surface area (Å²) in [6, 6.07) is 6.54. The smallest absolute Gasteiger partial charge is 0.119 e. The van der Waals surface area contributed by atoms with E-state index in [9.17, 15) is 0 Å². The molecule has 0 aromatic heterocycles. The molecule has 0 radical (unpaired) electrons. The summed E-state index contributed by atoms with van der Waals surface area (Å²) in [6.45, 7) is 5.26. The summed E-state index contributed by atoms with van der Waals surface area (Å²) in [5.41, 5.74) is 2.92. The van der Waals surface area contributed by atoms with Gasteiger partial charge in [0, 0.05) is 13.1 Å². The van der Waals surface area contributed by atoms with Crippen LogP contribution in [0.25, 0.3) is 0 Å². The fourth-order valence-electron chi connectivity index (χ4n) is 2.09. The van der Waals surface area contributed by atoms with E-state index in [1.54, 1.807) is 0 Å². The number of unbranched alkanes of at least 4 members (excludes halogenated alkanes) is 1. The molecule has 0 bridgehead atoms. The first-order valence-electron chi connectivity index (χ1n) is 6.22. The summed E-state index contributed by atoms with van der Waals surface area (Å²) in [4.78, 5) is 2.36. The van der Waals surface area contributed by atoms with Gasteiger partial charge in [-0.1, -0.05) is 19.4 Å². The fraction of sp³-hybridized carbons (Fsp3) is 0.571. The lowest BCUT2D eigenvalue weighted by Gasteiger charge is -2.25. The number of hydrogen-bond acceptors (Lipinski definition) is 2. The minimum Gasteiger partial charge on any atom is -0.494 e. The zero-order chi connectivity index (χ0) is 11.4. The van der Waals surface area contributed by atoms with Crippen LogP contribution in [-0.2, 0) is 13.0 Å². The van der Waals surface area contributed by atoms with Crippen molar-refractivity contribution >= 4 is 0 Å². The van der Waals surface area contributed by atoms with E-state index >= 15 is 0 Å². The Balaban J connectivity index is 2.02. The van der Waals surface area contributed by atoms with Crippen LogP contribution in [0.5, 0.6) is 5.75 Å². The molecule has 0 spiro atoms. The Morgan fingerprint density at radius 2 is 2.19 bits per heavy atom. The standard InChI is InChI=1S/C14H21NO/c1-3-4-9-16-14-6-5-13-11-15(2)8-7-12(13)10-14/h5-6,10H,3-4,7-9,11H2,1-2H3. The second-order valence-corrected chi connectivity index (χ2v) is 4.62. The molecule has 0 N–H and O–H groups in total. The van der Waals surface area contributed by atoms with Crippen molar-refractivity contribution in [3.05, 3.63) is 29.3 Å².